The summed E-state index contributed by atoms with van der Waals surface area (Å²) in [7, 11) is -4.30. The van der Waals surface area contributed by atoms with E-state index in [2.05, 4.69) is 5.32 Å². The first kappa shape index (κ1) is 22.9. The predicted molar refractivity (Wildman–Crippen MR) is 113 cm³/mol. The predicted octanol–water partition coefficient (Wildman–Crippen LogP) is 3.18. The number of phenolic OH excluding ortho intramolecular Hbond substituents is 1. The number of nitrogens with one attached hydrogen (secondary N) is 2. The molecule has 2 aromatic rings. The van der Waals surface area contributed by atoms with Gasteiger partial charge >= 0.3 is 0 Å². The third kappa shape index (κ3) is 4.45. The number of benzene rings is 2. The van der Waals surface area contributed by atoms with E-state index in [4.69, 9.17) is 5.11 Å². The first-order valence-corrected chi connectivity index (χ1v) is 11.3. The Bertz CT molecular complexity index is 1080. The van der Waals surface area contributed by atoms with Crippen molar-refractivity contribution in [3.63, 3.8) is 0 Å². The van der Waals surface area contributed by atoms with Gasteiger partial charge < -0.3 is 20.6 Å². The maximum absolute atomic E-state index is 14.5. The monoisotopic (exact) mass is 558 g/mol. The standard InChI is InChI=1S/C18H18F3IN2O5S/c19-11-5-9(22)1-2-13(11)23-17-15(21)12(20)6-14(27)16(17)24-30(28,29)18(3-4-18)7-10(26)8-25/h1-2,5-6,10,23-27H,3-4,7-8H2/t10-/m0/s1. The summed E-state index contributed by atoms with van der Waals surface area (Å²) in [5, 5.41) is 31.1. The molecule has 1 aliphatic carbocycles. The van der Waals surface area contributed by atoms with Crippen molar-refractivity contribution in [3.8, 4) is 5.75 Å². The summed E-state index contributed by atoms with van der Waals surface area (Å²) in [6.07, 6.45) is -1.24. The summed E-state index contributed by atoms with van der Waals surface area (Å²) >= 11 is 1.85. The molecule has 0 aromatic heterocycles. The van der Waals surface area contributed by atoms with E-state index >= 15 is 0 Å². The average molecular weight is 558 g/mol. The van der Waals surface area contributed by atoms with Gasteiger partial charge in [-0.2, -0.15) is 0 Å². The molecule has 5 N–H and O–H groups in total. The Morgan fingerprint density at radius 3 is 2.37 bits per heavy atom. The van der Waals surface area contributed by atoms with Crippen LogP contribution in [0.2, 0.25) is 0 Å². The topological polar surface area (TPSA) is 119 Å². The van der Waals surface area contributed by atoms with Crippen LogP contribution in [0.4, 0.5) is 30.2 Å². The summed E-state index contributed by atoms with van der Waals surface area (Å²) in [5.41, 5.74) is -1.76. The van der Waals surface area contributed by atoms with Crippen LogP contribution in [0.1, 0.15) is 19.3 Å². The van der Waals surface area contributed by atoms with Crippen LogP contribution in [0, 0.1) is 21.0 Å². The van der Waals surface area contributed by atoms with Crippen LogP contribution >= 0.6 is 22.6 Å². The molecular formula is C18H18F3IN2O5S. The molecule has 0 aliphatic heterocycles. The first-order chi connectivity index (χ1) is 14.0. The second kappa shape index (κ2) is 8.40. The zero-order valence-electron chi connectivity index (χ0n) is 15.3. The molecule has 164 valence electrons. The van der Waals surface area contributed by atoms with Crippen molar-refractivity contribution in [2.24, 2.45) is 0 Å². The Labute approximate surface area is 184 Å². The van der Waals surface area contributed by atoms with Gasteiger partial charge in [0.15, 0.2) is 11.6 Å². The number of aromatic hydroxyl groups is 1. The first-order valence-electron chi connectivity index (χ1n) is 8.74. The maximum Gasteiger partial charge on any atom is 0.238 e. The van der Waals surface area contributed by atoms with Gasteiger partial charge in [-0.1, -0.05) is 0 Å². The molecule has 0 unspecified atom stereocenters. The van der Waals surface area contributed by atoms with Gasteiger partial charge in [-0.15, -0.1) is 0 Å². The van der Waals surface area contributed by atoms with Crippen LogP contribution in [0.15, 0.2) is 24.3 Å². The van der Waals surface area contributed by atoms with Gasteiger partial charge in [-0.3, -0.25) is 4.72 Å². The molecule has 1 fully saturated rings. The van der Waals surface area contributed by atoms with Gasteiger partial charge in [0, 0.05) is 9.64 Å². The minimum Gasteiger partial charge on any atom is -0.506 e. The fourth-order valence-electron chi connectivity index (χ4n) is 3.02. The molecule has 0 saturated heterocycles. The Morgan fingerprint density at radius 1 is 1.13 bits per heavy atom. The highest BCUT2D eigenvalue weighted by atomic mass is 127. The van der Waals surface area contributed by atoms with Gasteiger partial charge in [0.05, 0.1) is 23.1 Å². The molecule has 0 spiro atoms. The van der Waals surface area contributed by atoms with Crippen molar-refractivity contribution in [2.75, 3.05) is 16.6 Å². The number of sulfonamides is 1. The number of rotatable bonds is 8. The van der Waals surface area contributed by atoms with Crippen LogP contribution in [-0.4, -0.2) is 41.2 Å². The Balaban J connectivity index is 2.02. The van der Waals surface area contributed by atoms with Crippen LogP contribution < -0.4 is 10.0 Å². The lowest BCUT2D eigenvalue weighted by molar-refractivity contribution is 0.0858. The van der Waals surface area contributed by atoms with Crippen LogP contribution in [0.25, 0.3) is 0 Å². The molecule has 1 saturated carbocycles. The maximum atomic E-state index is 14.5. The number of phenols is 1. The van der Waals surface area contributed by atoms with Crippen molar-refractivity contribution >= 4 is 49.7 Å². The zero-order valence-corrected chi connectivity index (χ0v) is 18.3. The molecule has 3 rings (SSSR count). The van der Waals surface area contributed by atoms with E-state index in [9.17, 15) is 31.8 Å². The largest absolute Gasteiger partial charge is 0.506 e. The molecule has 0 bridgehead atoms. The number of anilines is 3. The third-order valence-corrected chi connectivity index (χ3v) is 7.68. The van der Waals surface area contributed by atoms with Crippen LogP contribution in [0.3, 0.4) is 0 Å². The van der Waals surface area contributed by atoms with Gasteiger partial charge in [0.2, 0.25) is 10.0 Å². The van der Waals surface area contributed by atoms with E-state index in [1.165, 1.54) is 12.1 Å². The average Bonchev–Trinajstić information content (AvgIpc) is 3.45. The second-order valence-electron chi connectivity index (χ2n) is 7.02. The normalized spacial score (nSPS) is 16.2. The van der Waals surface area contributed by atoms with Crippen LogP contribution in [-0.2, 0) is 10.0 Å². The number of aliphatic hydroxyl groups is 2. The molecule has 30 heavy (non-hydrogen) atoms. The lowest BCUT2D eigenvalue weighted by Gasteiger charge is -2.22. The SMILES string of the molecule is O=S(=O)(Nc1c(O)cc(F)c(F)c1Nc1ccc(I)cc1F)C1(C[C@H](O)CO)CC1. The van der Waals surface area contributed by atoms with Gasteiger partial charge in [0.25, 0.3) is 0 Å². The van der Waals surface area contributed by atoms with Crippen molar-refractivity contribution < 1.29 is 36.9 Å². The Hall–Kier alpha value is -1.77. The molecule has 7 nitrogen and oxygen atoms in total. The molecule has 0 amide bonds. The van der Waals surface area contributed by atoms with E-state index in [1.54, 1.807) is 0 Å². The van der Waals surface area contributed by atoms with E-state index in [1.807, 2.05) is 27.3 Å². The molecule has 0 radical (unpaired) electrons. The molecule has 1 atom stereocenters. The number of halogens is 4. The van der Waals surface area contributed by atoms with E-state index < -0.39 is 62.1 Å². The Kier molecular flexibility index (Phi) is 6.41. The minimum atomic E-state index is -4.30. The van der Waals surface area contributed by atoms with Crippen molar-refractivity contribution in [1.82, 2.24) is 0 Å². The number of aliphatic hydroxyl groups excluding tert-OH is 2. The fourth-order valence-corrected chi connectivity index (χ4v) is 5.21. The van der Waals surface area contributed by atoms with Gasteiger partial charge in [-0.25, -0.2) is 21.6 Å². The van der Waals surface area contributed by atoms with Gasteiger partial charge in [-0.05, 0) is 60.1 Å². The smallest absolute Gasteiger partial charge is 0.238 e. The summed E-state index contributed by atoms with van der Waals surface area (Å²) in [6, 6.07) is 4.25. The summed E-state index contributed by atoms with van der Waals surface area (Å²) in [4.78, 5) is 0. The van der Waals surface area contributed by atoms with Crippen molar-refractivity contribution in [3.05, 3.63) is 45.3 Å². The summed E-state index contributed by atoms with van der Waals surface area (Å²) in [6.45, 7) is -0.646. The number of hydrogen-bond donors (Lipinski definition) is 5. The fraction of sp³-hybridized carbons (Fsp3) is 0.333. The highest BCUT2D eigenvalue weighted by molar-refractivity contribution is 14.1. The van der Waals surface area contributed by atoms with E-state index in [-0.39, 0.29) is 24.9 Å². The van der Waals surface area contributed by atoms with Crippen LogP contribution in [0.5, 0.6) is 5.75 Å². The molecule has 2 aromatic carbocycles. The van der Waals surface area contributed by atoms with Crippen molar-refractivity contribution in [2.45, 2.75) is 30.1 Å². The highest BCUT2D eigenvalue weighted by Crippen LogP contribution is 2.49. The van der Waals surface area contributed by atoms with Crippen molar-refractivity contribution in [1.29, 1.82) is 0 Å². The third-order valence-electron chi connectivity index (χ3n) is 4.82. The molecule has 0 heterocycles. The molecular weight excluding hydrogens is 540 g/mol. The Morgan fingerprint density at radius 2 is 1.80 bits per heavy atom. The lowest BCUT2D eigenvalue weighted by Crippen LogP contribution is -2.34. The van der Waals surface area contributed by atoms with E-state index in [0.717, 1.165) is 6.07 Å². The second-order valence-corrected chi connectivity index (χ2v) is 10.3. The zero-order chi connectivity index (χ0) is 22.3. The summed E-state index contributed by atoms with van der Waals surface area (Å²) < 4.78 is 69.5. The summed E-state index contributed by atoms with van der Waals surface area (Å²) in [5.74, 6) is -4.71. The molecule has 12 heteroatoms. The number of hydrogen-bond acceptors (Lipinski definition) is 6. The quantitative estimate of drug-likeness (QED) is 0.251. The lowest BCUT2D eigenvalue weighted by atomic mass is 10.2. The molecule has 1 aliphatic rings. The minimum absolute atomic E-state index is 0.165. The van der Waals surface area contributed by atoms with Gasteiger partial charge in [0.1, 0.15) is 22.9 Å². The highest BCUT2D eigenvalue weighted by Gasteiger charge is 2.55. The van der Waals surface area contributed by atoms with E-state index in [0.29, 0.717) is 9.64 Å².